The van der Waals surface area contributed by atoms with Crippen molar-refractivity contribution in [3.63, 3.8) is 0 Å². The van der Waals surface area contributed by atoms with Crippen molar-refractivity contribution in [3.05, 3.63) is 48.3 Å². The van der Waals surface area contributed by atoms with Crippen LogP contribution in [0, 0.1) is 0 Å². The molecular weight excluding hydrogens is 212 g/mol. The van der Waals surface area contributed by atoms with Gasteiger partial charge in [-0.2, -0.15) is 0 Å². The van der Waals surface area contributed by atoms with Gasteiger partial charge in [-0.05, 0) is 25.0 Å². The lowest BCUT2D eigenvalue weighted by molar-refractivity contribution is 0.557. The van der Waals surface area contributed by atoms with Gasteiger partial charge in [-0.1, -0.05) is 13.0 Å². The summed E-state index contributed by atoms with van der Waals surface area (Å²) in [5.74, 6) is 0. The van der Waals surface area contributed by atoms with E-state index in [1.54, 1.807) is 6.20 Å². The van der Waals surface area contributed by atoms with Gasteiger partial charge in [-0.25, -0.2) is 4.98 Å². The molecule has 0 aromatic carbocycles. The summed E-state index contributed by atoms with van der Waals surface area (Å²) in [5, 5.41) is 0. The minimum Gasteiger partial charge on any atom is -0.326 e. The van der Waals surface area contributed by atoms with Crippen molar-refractivity contribution < 1.29 is 0 Å². The highest BCUT2D eigenvalue weighted by molar-refractivity contribution is 5.17. The van der Waals surface area contributed by atoms with Gasteiger partial charge in [-0.15, -0.1) is 0 Å². The van der Waals surface area contributed by atoms with Gasteiger partial charge >= 0.3 is 0 Å². The van der Waals surface area contributed by atoms with Gasteiger partial charge in [-0.3, -0.25) is 4.98 Å². The van der Waals surface area contributed by atoms with Crippen LogP contribution in [0.5, 0.6) is 0 Å². The van der Waals surface area contributed by atoms with E-state index in [-0.39, 0.29) is 12.1 Å². The number of aromatic nitrogens is 3. The first kappa shape index (κ1) is 11.8. The minimum atomic E-state index is 0.0385. The van der Waals surface area contributed by atoms with E-state index in [9.17, 15) is 0 Å². The summed E-state index contributed by atoms with van der Waals surface area (Å²) in [6.45, 7) is 4.21. The summed E-state index contributed by atoms with van der Waals surface area (Å²) in [7, 11) is 0. The fraction of sp³-hybridized carbons (Fsp3) is 0.385. The zero-order valence-corrected chi connectivity index (χ0v) is 10.2. The molecule has 0 saturated carbocycles. The first-order chi connectivity index (χ1) is 8.24. The zero-order valence-electron chi connectivity index (χ0n) is 10.2. The molecule has 2 aromatic heterocycles. The third-order valence-corrected chi connectivity index (χ3v) is 3.10. The Labute approximate surface area is 102 Å². The average Bonchev–Trinajstić information content (AvgIpc) is 2.87. The molecule has 17 heavy (non-hydrogen) atoms. The second kappa shape index (κ2) is 5.10. The third kappa shape index (κ3) is 2.36. The number of rotatable bonds is 4. The Morgan fingerprint density at radius 1 is 1.35 bits per heavy atom. The third-order valence-electron chi connectivity index (χ3n) is 3.10. The molecular formula is C13H18N4. The van der Waals surface area contributed by atoms with Crippen LogP contribution in [0.4, 0.5) is 0 Å². The maximum Gasteiger partial charge on any atom is 0.0954 e. The predicted molar refractivity (Wildman–Crippen MR) is 67.5 cm³/mol. The van der Waals surface area contributed by atoms with E-state index in [2.05, 4.69) is 34.4 Å². The molecule has 0 aliphatic heterocycles. The van der Waals surface area contributed by atoms with Gasteiger partial charge in [0.25, 0.3) is 0 Å². The lowest BCUT2D eigenvalue weighted by Gasteiger charge is -2.19. The normalized spacial score (nSPS) is 14.5. The molecule has 0 aliphatic rings. The Morgan fingerprint density at radius 2 is 2.18 bits per heavy atom. The van der Waals surface area contributed by atoms with E-state index < -0.39 is 0 Å². The summed E-state index contributed by atoms with van der Waals surface area (Å²) in [4.78, 5) is 8.35. The summed E-state index contributed by atoms with van der Waals surface area (Å²) in [5.41, 5.74) is 8.31. The molecule has 0 bridgehead atoms. The number of imidazole rings is 1. The van der Waals surface area contributed by atoms with Crippen LogP contribution >= 0.6 is 0 Å². The number of nitrogens with zero attached hydrogens (tertiary/aromatic N) is 3. The fourth-order valence-corrected chi connectivity index (χ4v) is 1.92. The van der Waals surface area contributed by atoms with E-state index in [4.69, 9.17) is 5.73 Å². The van der Waals surface area contributed by atoms with Gasteiger partial charge < -0.3 is 10.3 Å². The molecule has 0 saturated heterocycles. The van der Waals surface area contributed by atoms with Crippen molar-refractivity contribution >= 4 is 0 Å². The lowest BCUT2D eigenvalue weighted by Crippen LogP contribution is -2.17. The summed E-state index contributed by atoms with van der Waals surface area (Å²) < 4.78 is 2.12. The van der Waals surface area contributed by atoms with Crippen molar-refractivity contribution in [2.45, 2.75) is 32.4 Å². The Bertz CT molecular complexity index is 463. The maximum absolute atomic E-state index is 6.08. The topological polar surface area (TPSA) is 56.7 Å². The van der Waals surface area contributed by atoms with E-state index in [1.807, 2.05) is 24.8 Å². The van der Waals surface area contributed by atoms with Crippen LogP contribution in [0.15, 0.2) is 37.1 Å². The molecule has 4 heteroatoms. The average molecular weight is 230 g/mol. The van der Waals surface area contributed by atoms with Crippen molar-refractivity contribution in [1.82, 2.24) is 14.5 Å². The summed E-state index contributed by atoms with van der Waals surface area (Å²) in [6, 6.07) is 4.26. The fourth-order valence-electron chi connectivity index (χ4n) is 1.92. The Balaban J connectivity index is 2.32. The van der Waals surface area contributed by atoms with Crippen LogP contribution in [0.2, 0.25) is 0 Å². The molecule has 1 unspecified atom stereocenters. The monoisotopic (exact) mass is 230 g/mol. The molecule has 90 valence electrons. The highest BCUT2D eigenvalue weighted by Gasteiger charge is 2.15. The highest BCUT2D eigenvalue weighted by atomic mass is 15.1. The van der Waals surface area contributed by atoms with E-state index >= 15 is 0 Å². The van der Waals surface area contributed by atoms with Crippen molar-refractivity contribution in [3.8, 4) is 0 Å². The van der Waals surface area contributed by atoms with E-state index in [0.717, 1.165) is 17.7 Å². The number of hydrogen-bond donors (Lipinski definition) is 1. The number of hydrogen-bond acceptors (Lipinski definition) is 3. The summed E-state index contributed by atoms with van der Waals surface area (Å²) >= 11 is 0. The van der Waals surface area contributed by atoms with Gasteiger partial charge in [0.15, 0.2) is 0 Å². The molecule has 2 aromatic rings. The van der Waals surface area contributed by atoms with Crippen LogP contribution in [0.3, 0.4) is 0 Å². The maximum atomic E-state index is 6.08. The van der Waals surface area contributed by atoms with Crippen LogP contribution in [-0.4, -0.2) is 14.5 Å². The molecule has 4 nitrogen and oxygen atoms in total. The summed E-state index contributed by atoms with van der Waals surface area (Å²) in [6.07, 6.45) is 8.25. The molecule has 0 aliphatic carbocycles. The Morgan fingerprint density at radius 3 is 2.82 bits per heavy atom. The standard InChI is InChI=1S/C13H18N4/c1-3-12(14)13-8-16-9-17(13)10(2)11-5-4-6-15-7-11/h4-10,12H,3,14H2,1-2H3/t10?,12-/m1/s1. The first-order valence-corrected chi connectivity index (χ1v) is 5.91. The molecule has 0 radical (unpaired) electrons. The van der Waals surface area contributed by atoms with Crippen LogP contribution < -0.4 is 5.73 Å². The molecule has 2 atom stereocenters. The van der Waals surface area contributed by atoms with Crippen LogP contribution in [-0.2, 0) is 0 Å². The van der Waals surface area contributed by atoms with Crippen LogP contribution in [0.25, 0.3) is 0 Å². The molecule has 2 heterocycles. The minimum absolute atomic E-state index is 0.0385. The second-order valence-electron chi connectivity index (χ2n) is 4.20. The van der Waals surface area contributed by atoms with Crippen molar-refractivity contribution in [2.24, 2.45) is 5.73 Å². The SMILES string of the molecule is CC[C@@H](N)c1cncn1C(C)c1cccnc1. The Kier molecular flexibility index (Phi) is 3.54. The molecule has 0 fully saturated rings. The quantitative estimate of drug-likeness (QED) is 0.876. The smallest absolute Gasteiger partial charge is 0.0954 e. The second-order valence-corrected chi connectivity index (χ2v) is 4.20. The molecule has 0 spiro atoms. The highest BCUT2D eigenvalue weighted by Crippen LogP contribution is 2.22. The van der Waals surface area contributed by atoms with E-state index in [0.29, 0.717) is 0 Å². The number of nitrogens with two attached hydrogens (primary N) is 1. The molecule has 2 rings (SSSR count). The first-order valence-electron chi connectivity index (χ1n) is 5.91. The zero-order chi connectivity index (χ0) is 12.3. The van der Waals surface area contributed by atoms with Crippen LogP contribution in [0.1, 0.15) is 43.6 Å². The lowest BCUT2D eigenvalue weighted by atomic mass is 10.1. The van der Waals surface area contributed by atoms with Crippen molar-refractivity contribution in [1.29, 1.82) is 0 Å². The molecule has 0 amide bonds. The van der Waals surface area contributed by atoms with Gasteiger partial charge in [0.1, 0.15) is 0 Å². The molecule has 2 N–H and O–H groups in total. The van der Waals surface area contributed by atoms with Gasteiger partial charge in [0.05, 0.1) is 18.1 Å². The predicted octanol–water partition coefficient (Wildman–Crippen LogP) is 2.30. The largest absolute Gasteiger partial charge is 0.326 e. The number of pyridine rings is 1. The van der Waals surface area contributed by atoms with Gasteiger partial charge in [0.2, 0.25) is 0 Å². The van der Waals surface area contributed by atoms with Gasteiger partial charge in [0, 0.05) is 24.6 Å². The Hall–Kier alpha value is -1.68. The van der Waals surface area contributed by atoms with Crippen molar-refractivity contribution in [2.75, 3.05) is 0 Å². The van der Waals surface area contributed by atoms with E-state index in [1.165, 1.54) is 0 Å².